The molecule has 5 nitrogen and oxygen atoms in total. The summed E-state index contributed by atoms with van der Waals surface area (Å²) in [6, 6.07) is 17.5. The molecule has 0 radical (unpaired) electrons. The molecule has 2 heterocycles. The number of hydrogen-bond acceptors (Lipinski definition) is 4. The van der Waals surface area contributed by atoms with Gasteiger partial charge >= 0.3 is 0 Å². The Balaban J connectivity index is 1.50. The molecule has 3 aromatic rings. The molecule has 1 aromatic heterocycles. The lowest BCUT2D eigenvalue weighted by Crippen LogP contribution is -2.32. The molecular formula is C21H23N3O2. The molecule has 0 spiro atoms. The van der Waals surface area contributed by atoms with Crippen molar-refractivity contribution in [3.8, 4) is 0 Å². The van der Waals surface area contributed by atoms with E-state index in [1.54, 1.807) is 6.07 Å². The molecule has 1 aliphatic rings. The normalized spacial score (nSPS) is 19.0. The van der Waals surface area contributed by atoms with Crippen molar-refractivity contribution in [1.29, 1.82) is 0 Å². The van der Waals surface area contributed by atoms with Gasteiger partial charge in [-0.3, -0.25) is 9.69 Å². The van der Waals surface area contributed by atoms with Crippen molar-refractivity contribution < 1.29 is 5.11 Å². The zero-order chi connectivity index (χ0) is 17.9. The molecule has 0 bridgehead atoms. The van der Waals surface area contributed by atoms with Gasteiger partial charge < -0.3 is 10.1 Å². The maximum absolute atomic E-state index is 12.3. The van der Waals surface area contributed by atoms with Gasteiger partial charge in [-0.25, -0.2) is 4.98 Å². The first-order valence-electron chi connectivity index (χ1n) is 9.16. The van der Waals surface area contributed by atoms with E-state index in [1.807, 2.05) is 48.5 Å². The minimum Gasteiger partial charge on any atom is -0.388 e. The molecule has 2 atom stereocenters. The molecule has 0 aliphatic carbocycles. The van der Waals surface area contributed by atoms with Crippen molar-refractivity contribution in [2.45, 2.75) is 38.0 Å². The van der Waals surface area contributed by atoms with Crippen LogP contribution < -0.4 is 5.56 Å². The number of fused-ring (bicyclic) bond motifs is 1. The van der Waals surface area contributed by atoms with Crippen molar-refractivity contribution in [2.75, 3.05) is 6.54 Å². The molecule has 2 N–H and O–H groups in total. The third-order valence-corrected chi connectivity index (χ3v) is 5.19. The van der Waals surface area contributed by atoms with Gasteiger partial charge in [0.05, 0.1) is 23.6 Å². The highest BCUT2D eigenvalue weighted by atomic mass is 16.3. The van der Waals surface area contributed by atoms with Crippen LogP contribution in [0.2, 0.25) is 0 Å². The summed E-state index contributed by atoms with van der Waals surface area (Å²) in [5, 5.41) is 11.2. The van der Waals surface area contributed by atoms with Crippen LogP contribution >= 0.6 is 0 Å². The van der Waals surface area contributed by atoms with Crippen LogP contribution in [-0.2, 0) is 6.54 Å². The van der Waals surface area contributed by atoms with Crippen molar-refractivity contribution >= 4 is 10.9 Å². The van der Waals surface area contributed by atoms with Crippen molar-refractivity contribution in [2.24, 2.45) is 0 Å². The summed E-state index contributed by atoms with van der Waals surface area (Å²) in [6.07, 6.45) is 2.39. The minimum atomic E-state index is -0.467. The minimum absolute atomic E-state index is 0.0920. The highest BCUT2D eigenvalue weighted by molar-refractivity contribution is 5.77. The quantitative estimate of drug-likeness (QED) is 0.743. The molecule has 0 saturated carbocycles. The second-order valence-corrected chi connectivity index (χ2v) is 6.96. The number of nitrogens with one attached hydrogen (secondary N) is 1. The highest BCUT2D eigenvalue weighted by Crippen LogP contribution is 2.28. The van der Waals surface area contributed by atoms with Crippen LogP contribution in [-0.4, -0.2) is 32.6 Å². The number of aliphatic hydroxyl groups is 1. The van der Waals surface area contributed by atoms with Gasteiger partial charge in [-0.15, -0.1) is 0 Å². The SMILES string of the molecule is O=c1[nH]c(CN2CCC[C@H]2C[C@@H](O)c2ccccc2)nc2ccccc12. The van der Waals surface area contributed by atoms with Gasteiger partial charge in [-0.2, -0.15) is 0 Å². The number of H-pyrrole nitrogens is 1. The van der Waals surface area contributed by atoms with Crippen LogP contribution in [0.3, 0.4) is 0 Å². The number of aromatic nitrogens is 2. The number of hydrogen-bond donors (Lipinski definition) is 2. The third-order valence-electron chi connectivity index (χ3n) is 5.19. The Bertz CT molecular complexity index is 939. The molecule has 134 valence electrons. The maximum atomic E-state index is 12.3. The number of aliphatic hydroxyl groups excluding tert-OH is 1. The fourth-order valence-corrected chi connectivity index (χ4v) is 3.84. The third kappa shape index (κ3) is 3.54. The van der Waals surface area contributed by atoms with Crippen LogP contribution in [0.15, 0.2) is 59.4 Å². The molecule has 4 rings (SSSR count). The van der Waals surface area contributed by atoms with Gasteiger partial charge in [0, 0.05) is 6.04 Å². The molecular weight excluding hydrogens is 326 g/mol. The van der Waals surface area contributed by atoms with E-state index in [0.717, 1.165) is 30.5 Å². The lowest BCUT2D eigenvalue weighted by atomic mass is 10.0. The first-order chi connectivity index (χ1) is 12.7. The number of aromatic amines is 1. The summed E-state index contributed by atoms with van der Waals surface area (Å²) in [5.74, 6) is 0.690. The van der Waals surface area contributed by atoms with E-state index >= 15 is 0 Å². The summed E-state index contributed by atoms with van der Waals surface area (Å²) < 4.78 is 0. The molecule has 26 heavy (non-hydrogen) atoms. The van der Waals surface area contributed by atoms with Crippen LogP contribution in [0.25, 0.3) is 10.9 Å². The molecule has 1 aliphatic heterocycles. The van der Waals surface area contributed by atoms with Crippen LogP contribution in [0.5, 0.6) is 0 Å². The topological polar surface area (TPSA) is 69.2 Å². The fourth-order valence-electron chi connectivity index (χ4n) is 3.84. The molecule has 0 unspecified atom stereocenters. The number of rotatable bonds is 5. The highest BCUT2D eigenvalue weighted by Gasteiger charge is 2.27. The lowest BCUT2D eigenvalue weighted by molar-refractivity contribution is 0.117. The summed E-state index contributed by atoms with van der Waals surface area (Å²) >= 11 is 0. The number of benzene rings is 2. The second-order valence-electron chi connectivity index (χ2n) is 6.96. The molecule has 1 saturated heterocycles. The molecule has 0 amide bonds. The maximum Gasteiger partial charge on any atom is 0.258 e. The smallest absolute Gasteiger partial charge is 0.258 e. The van der Waals surface area contributed by atoms with Crippen molar-refractivity contribution in [3.63, 3.8) is 0 Å². The van der Waals surface area contributed by atoms with Crippen molar-refractivity contribution in [1.82, 2.24) is 14.9 Å². The van der Waals surface area contributed by atoms with Crippen molar-refractivity contribution in [3.05, 3.63) is 76.3 Å². The monoisotopic (exact) mass is 349 g/mol. The predicted octanol–water partition coefficient (Wildman–Crippen LogP) is 3.01. The van der Waals surface area contributed by atoms with Gasteiger partial charge in [0.2, 0.25) is 0 Å². The van der Waals surface area contributed by atoms with E-state index in [0.29, 0.717) is 30.2 Å². The van der Waals surface area contributed by atoms with E-state index < -0.39 is 6.10 Å². The van der Waals surface area contributed by atoms with Gasteiger partial charge in [0.25, 0.3) is 5.56 Å². The Morgan fingerprint density at radius 3 is 2.77 bits per heavy atom. The molecule has 2 aromatic carbocycles. The standard InChI is InChI=1S/C21H23N3O2/c25-19(15-7-2-1-3-8-15)13-16-9-6-12-24(16)14-20-22-18-11-5-4-10-17(18)21(26)23-20/h1-5,7-8,10-11,16,19,25H,6,9,12-14H2,(H,22,23,26)/t16-,19+/m0/s1. The molecule has 5 heteroatoms. The van der Waals surface area contributed by atoms with E-state index in [-0.39, 0.29) is 5.56 Å². The van der Waals surface area contributed by atoms with Gasteiger partial charge in [-0.05, 0) is 43.5 Å². The largest absolute Gasteiger partial charge is 0.388 e. The predicted molar refractivity (Wildman–Crippen MR) is 102 cm³/mol. The Kier molecular flexibility index (Phi) is 4.82. The van der Waals surface area contributed by atoms with Crippen LogP contribution in [0.1, 0.15) is 36.8 Å². The van der Waals surface area contributed by atoms with E-state index in [2.05, 4.69) is 14.9 Å². The first kappa shape index (κ1) is 16.9. The Morgan fingerprint density at radius 2 is 1.92 bits per heavy atom. The second kappa shape index (κ2) is 7.40. The summed E-state index contributed by atoms with van der Waals surface area (Å²) in [4.78, 5) is 22.1. The zero-order valence-electron chi connectivity index (χ0n) is 14.6. The van der Waals surface area contributed by atoms with Gasteiger partial charge in [-0.1, -0.05) is 42.5 Å². The van der Waals surface area contributed by atoms with Crippen LogP contribution in [0, 0.1) is 0 Å². The first-order valence-corrected chi connectivity index (χ1v) is 9.16. The zero-order valence-corrected chi connectivity index (χ0v) is 14.6. The summed E-state index contributed by atoms with van der Waals surface area (Å²) in [7, 11) is 0. The Morgan fingerprint density at radius 1 is 1.15 bits per heavy atom. The Hall–Kier alpha value is -2.50. The van der Waals surface area contributed by atoms with Crippen LogP contribution in [0.4, 0.5) is 0 Å². The summed E-state index contributed by atoms with van der Waals surface area (Å²) in [5.41, 5.74) is 1.59. The summed E-state index contributed by atoms with van der Waals surface area (Å²) in [6.45, 7) is 1.56. The average molecular weight is 349 g/mol. The Labute approximate surface area is 152 Å². The number of nitrogens with zero attached hydrogens (tertiary/aromatic N) is 2. The lowest BCUT2D eigenvalue weighted by Gasteiger charge is -2.26. The number of likely N-dealkylation sites (tertiary alicyclic amines) is 1. The fraction of sp³-hybridized carbons (Fsp3) is 0.333. The molecule has 1 fully saturated rings. The number of para-hydroxylation sites is 1. The van der Waals surface area contributed by atoms with Gasteiger partial charge in [0.15, 0.2) is 0 Å². The van der Waals surface area contributed by atoms with E-state index in [1.165, 1.54) is 0 Å². The van der Waals surface area contributed by atoms with E-state index in [9.17, 15) is 9.90 Å². The van der Waals surface area contributed by atoms with E-state index in [4.69, 9.17) is 0 Å². The average Bonchev–Trinajstić information content (AvgIpc) is 3.09. The van der Waals surface area contributed by atoms with Gasteiger partial charge in [0.1, 0.15) is 5.82 Å².